The summed E-state index contributed by atoms with van der Waals surface area (Å²) in [6.45, 7) is 0.373. The van der Waals surface area contributed by atoms with Crippen molar-refractivity contribution >= 4 is 53.6 Å². The first-order chi connectivity index (χ1) is 9.02. The predicted molar refractivity (Wildman–Crippen MR) is 85.7 cm³/mol. The van der Waals surface area contributed by atoms with Gasteiger partial charge in [0.2, 0.25) is 0 Å². The Morgan fingerprint density at radius 3 is 2.53 bits per heavy atom. The largest absolute Gasteiger partial charge is 0.383 e. The lowest BCUT2D eigenvalue weighted by Gasteiger charge is -2.09. The van der Waals surface area contributed by atoms with E-state index in [0.717, 1.165) is 20.2 Å². The Hall–Kier alpha value is -0.500. The number of benzene rings is 1. The summed E-state index contributed by atoms with van der Waals surface area (Å²) in [5.74, 6) is 0.969. The Kier molecular flexibility index (Phi) is 4.94. The first-order valence-electron chi connectivity index (χ1n) is 5.29. The Morgan fingerprint density at radius 2 is 1.89 bits per heavy atom. The van der Waals surface area contributed by atoms with Crippen molar-refractivity contribution in [3.05, 3.63) is 37.3 Å². The second-order valence-corrected chi connectivity index (χ2v) is 6.26. The van der Waals surface area contributed by atoms with Crippen molar-refractivity contribution in [2.24, 2.45) is 0 Å². The molecule has 2 N–H and O–H groups in total. The molecule has 0 saturated carbocycles. The number of anilines is 1. The van der Waals surface area contributed by atoms with Gasteiger partial charge in [-0.2, -0.15) is 0 Å². The number of aromatic nitrogens is 2. The van der Waals surface area contributed by atoms with Crippen molar-refractivity contribution in [1.29, 1.82) is 0 Å². The summed E-state index contributed by atoms with van der Waals surface area (Å²) >= 11 is 10.3. The molecular formula is C12H10Br3N3O. The molecule has 0 unspecified atom stereocenters. The Balaban J connectivity index is 2.52. The lowest BCUT2D eigenvalue weighted by Crippen LogP contribution is -2.03. The summed E-state index contributed by atoms with van der Waals surface area (Å²) in [6.07, 6.45) is 0. The van der Waals surface area contributed by atoms with Gasteiger partial charge >= 0.3 is 0 Å². The minimum absolute atomic E-state index is 0.373. The average Bonchev–Trinajstić information content (AvgIpc) is 2.38. The third-order valence-electron chi connectivity index (χ3n) is 2.40. The summed E-state index contributed by atoms with van der Waals surface area (Å²) in [4.78, 5) is 8.75. The van der Waals surface area contributed by atoms with Crippen LogP contribution in [-0.4, -0.2) is 17.1 Å². The highest BCUT2D eigenvalue weighted by Crippen LogP contribution is 2.30. The number of hydrogen-bond donors (Lipinski definition) is 1. The van der Waals surface area contributed by atoms with E-state index in [9.17, 15) is 0 Å². The number of methoxy groups -OCH3 is 1. The second-order valence-electron chi connectivity index (χ2n) is 3.76. The van der Waals surface area contributed by atoms with Crippen molar-refractivity contribution in [1.82, 2.24) is 9.97 Å². The van der Waals surface area contributed by atoms with Crippen LogP contribution in [0.1, 0.15) is 5.69 Å². The van der Waals surface area contributed by atoms with Gasteiger partial charge in [-0.1, -0.05) is 0 Å². The van der Waals surface area contributed by atoms with E-state index in [1.807, 2.05) is 18.2 Å². The fourth-order valence-corrected chi connectivity index (χ4v) is 2.43. The highest BCUT2D eigenvalue weighted by Gasteiger charge is 2.12. The minimum Gasteiger partial charge on any atom is -0.383 e. The standard InChI is InChI=1S/C12H10Br3N3O/c1-19-5-9-10(15)11(16)18-12(17-9)6-2-3-7(13)8(14)4-6/h2-4H,5H2,1H3,(H2,16,17,18). The molecule has 0 aliphatic rings. The number of nitrogens with zero attached hydrogens (tertiary/aromatic N) is 2. The maximum absolute atomic E-state index is 5.88. The van der Waals surface area contributed by atoms with Crippen LogP contribution in [0, 0.1) is 0 Å². The molecule has 0 amide bonds. The van der Waals surface area contributed by atoms with Gasteiger partial charge in [0.1, 0.15) is 5.82 Å². The number of ether oxygens (including phenoxy) is 1. The van der Waals surface area contributed by atoms with Crippen molar-refractivity contribution in [3.63, 3.8) is 0 Å². The smallest absolute Gasteiger partial charge is 0.161 e. The normalized spacial score (nSPS) is 10.7. The monoisotopic (exact) mass is 449 g/mol. The van der Waals surface area contributed by atoms with Gasteiger partial charge in [-0.05, 0) is 66.0 Å². The Labute approximate surface area is 136 Å². The molecular weight excluding hydrogens is 442 g/mol. The van der Waals surface area contributed by atoms with Gasteiger partial charge in [0.15, 0.2) is 5.82 Å². The van der Waals surface area contributed by atoms with Crippen LogP contribution in [0.15, 0.2) is 31.6 Å². The molecule has 0 aliphatic carbocycles. The number of hydrogen-bond acceptors (Lipinski definition) is 4. The molecule has 0 fully saturated rings. The molecule has 0 radical (unpaired) electrons. The molecule has 1 aromatic carbocycles. The molecule has 0 saturated heterocycles. The van der Waals surface area contributed by atoms with Crippen molar-refractivity contribution in [3.8, 4) is 11.4 Å². The Bertz CT molecular complexity index is 619. The summed E-state index contributed by atoms with van der Waals surface area (Å²) < 4.78 is 7.68. The van der Waals surface area contributed by atoms with Crippen molar-refractivity contribution < 1.29 is 4.74 Å². The fraction of sp³-hybridized carbons (Fsp3) is 0.167. The van der Waals surface area contributed by atoms with E-state index in [-0.39, 0.29) is 0 Å². The van der Waals surface area contributed by atoms with E-state index in [2.05, 4.69) is 57.8 Å². The molecule has 2 rings (SSSR count). The van der Waals surface area contributed by atoms with E-state index in [0.29, 0.717) is 22.7 Å². The third kappa shape index (κ3) is 3.34. The van der Waals surface area contributed by atoms with Crippen LogP contribution in [0.25, 0.3) is 11.4 Å². The summed E-state index contributed by atoms with van der Waals surface area (Å²) in [6, 6.07) is 5.79. The summed E-state index contributed by atoms with van der Waals surface area (Å²) in [5.41, 5.74) is 7.49. The quantitative estimate of drug-likeness (QED) is 0.761. The van der Waals surface area contributed by atoms with E-state index < -0.39 is 0 Å². The zero-order chi connectivity index (χ0) is 14.0. The van der Waals surface area contributed by atoms with E-state index in [1.165, 1.54) is 0 Å². The molecule has 4 nitrogen and oxygen atoms in total. The molecule has 0 atom stereocenters. The van der Waals surface area contributed by atoms with Gasteiger partial charge in [0.05, 0.1) is 16.8 Å². The Morgan fingerprint density at radius 1 is 1.16 bits per heavy atom. The fourth-order valence-electron chi connectivity index (χ4n) is 1.51. The lowest BCUT2D eigenvalue weighted by atomic mass is 10.2. The van der Waals surface area contributed by atoms with Crippen LogP contribution in [0.2, 0.25) is 0 Å². The molecule has 19 heavy (non-hydrogen) atoms. The molecule has 0 bridgehead atoms. The SMILES string of the molecule is COCc1nc(-c2ccc(Br)c(Br)c2)nc(N)c1Br. The van der Waals surface area contributed by atoms with Gasteiger partial charge in [-0.15, -0.1) is 0 Å². The van der Waals surface area contributed by atoms with Crippen molar-refractivity contribution in [2.75, 3.05) is 12.8 Å². The van der Waals surface area contributed by atoms with Gasteiger partial charge in [0, 0.05) is 21.6 Å². The van der Waals surface area contributed by atoms with Gasteiger partial charge in [-0.3, -0.25) is 0 Å². The zero-order valence-electron chi connectivity index (χ0n) is 9.95. The average molecular weight is 452 g/mol. The lowest BCUT2D eigenvalue weighted by molar-refractivity contribution is 0.181. The van der Waals surface area contributed by atoms with Gasteiger partial charge in [-0.25, -0.2) is 9.97 Å². The van der Waals surface area contributed by atoms with Crippen LogP contribution in [0.4, 0.5) is 5.82 Å². The van der Waals surface area contributed by atoms with Crippen LogP contribution >= 0.6 is 47.8 Å². The van der Waals surface area contributed by atoms with Crippen LogP contribution < -0.4 is 5.73 Å². The molecule has 7 heteroatoms. The second kappa shape index (κ2) is 6.30. The third-order valence-corrected chi connectivity index (χ3v) is 5.15. The molecule has 2 aromatic rings. The highest BCUT2D eigenvalue weighted by molar-refractivity contribution is 9.13. The van der Waals surface area contributed by atoms with Crippen LogP contribution in [0.5, 0.6) is 0 Å². The predicted octanol–water partition coefficient (Wildman–Crippen LogP) is 4.16. The van der Waals surface area contributed by atoms with Gasteiger partial charge < -0.3 is 10.5 Å². The maximum Gasteiger partial charge on any atom is 0.161 e. The number of nitrogens with two attached hydrogens (primary N) is 1. The van der Waals surface area contributed by atoms with Crippen LogP contribution in [-0.2, 0) is 11.3 Å². The minimum atomic E-state index is 0.373. The van der Waals surface area contributed by atoms with Crippen molar-refractivity contribution in [2.45, 2.75) is 6.61 Å². The van der Waals surface area contributed by atoms with E-state index in [1.54, 1.807) is 7.11 Å². The summed E-state index contributed by atoms with van der Waals surface area (Å²) in [5, 5.41) is 0. The first kappa shape index (κ1) is 14.9. The van der Waals surface area contributed by atoms with Crippen LogP contribution in [0.3, 0.4) is 0 Å². The summed E-state index contributed by atoms with van der Waals surface area (Å²) in [7, 11) is 1.61. The number of nitrogen functional groups attached to an aromatic ring is 1. The molecule has 0 spiro atoms. The van der Waals surface area contributed by atoms with Gasteiger partial charge in [0.25, 0.3) is 0 Å². The zero-order valence-corrected chi connectivity index (χ0v) is 14.7. The molecule has 1 aromatic heterocycles. The molecule has 100 valence electrons. The number of halogens is 3. The van der Waals surface area contributed by atoms with E-state index in [4.69, 9.17) is 10.5 Å². The van der Waals surface area contributed by atoms with E-state index >= 15 is 0 Å². The molecule has 1 heterocycles. The number of rotatable bonds is 3. The first-order valence-corrected chi connectivity index (χ1v) is 7.67. The molecule has 0 aliphatic heterocycles. The topological polar surface area (TPSA) is 61.0 Å². The highest BCUT2D eigenvalue weighted by atomic mass is 79.9. The maximum atomic E-state index is 5.88.